The Morgan fingerprint density at radius 1 is 0.966 bits per heavy atom. The summed E-state index contributed by atoms with van der Waals surface area (Å²) in [5, 5.41) is 0. The number of rotatable bonds is 4. The second kappa shape index (κ2) is 7.73. The first-order chi connectivity index (χ1) is 14.3. The number of pyridine rings is 3. The zero-order chi connectivity index (χ0) is 19.6. The summed E-state index contributed by atoms with van der Waals surface area (Å²) >= 11 is 0. The van der Waals surface area contributed by atoms with E-state index in [9.17, 15) is 0 Å². The molecular formula is C23H24N6. The summed E-state index contributed by atoms with van der Waals surface area (Å²) in [5.41, 5.74) is 5.63. The SMILES string of the molecule is CN1CCN(Cc2cccnc2)CC1c1cn2c(-c3ccncc3)cccc2n1. The van der Waals surface area contributed by atoms with E-state index < -0.39 is 0 Å². The fraction of sp³-hybridized carbons (Fsp3) is 0.261. The third kappa shape index (κ3) is 3.64. The van der Waals surface area contributed by atoms with Gasteiger partial charge in [0.05, 0.1) is 17.4 Å². The molecule has 6 nitrogen and oxygen atoms in total. The Hall–Kier alpha value is -3.09. The van der Waals surface area contributed by atoms with Gasteiger partial charge < -0.3 is 0 Å². The summed E-state index contributed by atoms with van der Waals surface area (Å²) in [5.74, 6) is 0. The average molecular weight is 384 g/mol. The van der Waals surface area contributed by atoms with E-state index in [1.54, 1.807) is 0 Å². The average Bonchev–Trinajstić information content (AvgIpc) is 3.20. The van der Waals surface area contributed by atoms with Crippen LogP contribution in [0.3, 0.4) is 0 Å². The molecular weight excluding hydrogens is 360 g/mol. The van der Waals surface area contributed by atoms with Gasteiger partial charge in [0.15, 0.2) is 0 Å². The van der Waals surface area contributed by atoms with Gasteiger partial charge in [-0.05, 0) is 42.9 Å². The molecule has 5 heterocycles. The highest BCUT2D eigenvalue weighted by Crippen LogP contribution is 2.27. The quantitative estimate of drug-likeness (QED) is 0.540. The topological polar surface area (TPSA) is 49.6 Å². The van der Waals surface area contributed by atoms with E-state index in [0.717, 1.165) is 48.8 Å². The fourth-order valence-electron chi connectivity index (χ4n) is 4.09. The summed E-state index contributed by atoms with van der Waals surface area (Å²) in [6.07, 6.45) is 9.64. The van der Waals surface area contributed by atoms with Crippen LogP contribution in [0.2, 0.25) is 0 Å². The largest absolute Gasteiger partial charge is 0.299 e. The molecule has 1 saturated heterocycles. The minimum atomic E-state index is 0.269. The van der Waals surface area contributed by atoms with Gasteiger partial charge in [-0.1, -0.05) is 12.1 Å². The van der Waals surface area contributed by atoms with E-state index in [4.69, 9.17) is 4.98 Å². The van der Waals surface area contributed by atoms with Gasteiger partial charge in [-0.15, -0.1) is 0 Å². The molecule has 0 bridgehead atoms. The first-order valence-electron chi connectivity index (χ1n) is 9.98. The van der Waals surface area contributed by atoms with Gasteiger partial charge in [0.1, 0.15) is 5.65 Å². The standard InChI is InChI=1S/C23H24N6/c1-27-12-13-28(15-18-4-3-9-25-14-18)17-22(27)20-16-29-21(5-2-6-23(29)26-20)19-7-10-24-11-8-19/h2-11,14,16,22H,12-13,15,17H2,1H3. The van der Waals surface area contributed by atoms with Crippen LogP contribution in [0, 0.1) is 0 Å². The molecule has 146 valence electrons. The Bertz CT molecular complexity index is 1090. The molecule has 29 heavy (non-hydrogen) atoms. The molecule has 0 aromatic carbocycles. The van der Waals surface area contributed by atoms with E-state index in [1.165, 1.54) is 5.56 Å². The van der Waals surface area contributed by atoms with E-state index in [-0.39, 0.29) is 6.04 Å². The van der Waals surface area contributed by atoms with Crippen molar-refractivity contribution in [1.29, 1.82) is 0 Å². The molecule has 1 fully saturated rings. The predicted octanol–water partition coefficient (Wildman–Crippen LogP) is 3.28. The highest BCUT2D eigenvalue weighted by molar-refractivity contribution is 5.63. The number of hydrogen-bond acceptors (Lipinski definition) is 5. The molecule has 1 atom stereocenters. The minimum Gasteiger partial charge on any atom is -0.299 e. The zero-order valence-electron chi connectivity index (χ0n) is 16.5. The van der Waals surface area contributed by atoms with Gasteiger partial charge in [0.2, 0.25) is 0 Å². The molecule has 0 aliphatic carbocycles. The second-order valence-corrected chi connectivity index (χ2v) is 7.63. The Balaban J connectivity index is 1.45. The molecule has 5 rings (SSSR count). The zero-order valence-corrected chi connectivity index (χ0v) is 16.5. The van der Waals surface area contributed by atoms with Crippen molar-refractivity contribution in [2.24, 2.45) is 0 Å². The van der Waals surface area contributed by atoms with Crippen LogP contribution in [0.5, 0.6) is 0 Å². The number of fused-ring (bicyclic) bond motifs is 1. The van der Waals surface area contributed by atoms with Gasteiger partial charge >= 0.3 is 0 Å². The Labute approximate surface area is 170 Å². The van der Waals surface area contributed by atoms with Crippen LogP contribution in [0.1, 0.15) is 17.3 Å². The van der Waals surface area contributed by atoms with Crippen molar-refractivity contribution in [2.75, 3.05) is 26.7 Å². The summed E-state index contributed by atoms with van der Waals surface area (Å²) in [7, 11) is 2.19. The molecule has 4 aromatic rings. The van der Waals surface area contributed by atoms with Gasteiger partial charge in [-0.2, -0.15) is 0 Å². The lowest BCUT2D eigenvalue weighted by molar-refractivity contribution is 0.0885. The van der Waals surface area contributed by atoms with Gasteiger partial charge in [-0.3, -0.25) is 24.2 Å². The van der Waals surface area contributed by atoms with Crippen molar-refractivity contribution in [3.8, 4) is 11.3 Å². The second-order valence-electron chi connectivity index (χ2n) is 7.63. The maximum atomic E-state index is 4.98. The first-order valence-corrected chi connectivity index (χ1v) is 9.98. The maximum Gasteiger partial charge on any atom is 0.137 e. The van der Waals surface area contributed by atoms with Crippen molar-refractivity contribution in [3.05, 3.63) is 84.7 Å². The highest BCUT2D eigenvalue weighted by atomic mass is 15.3. The highest BCUT2D eigenvalue weighted by Gasteiger charge is 2.28. The first kappa shape index (κ1) is 18.0. The van der Waals surface area contributed by atoms with Crippen LogP contribution in [0.15, 0.2) is 73.4 Å². The number of imidazole rings is 1. The van der Waals surface area contributed by atoms with Gasteiger partial charge in [0.25, 0.3) is 0 Å². The number of aromatic nitrogens is 4. The van der Waals surface area contributed by atoms with Gasteiger partial charge in [-0.25, -0.2) is 4.98 Å². The van der Waals surface area contributed by atoms with Crippen LogP contribution in [0.4, 0.5) is 0 Å². The molecule has 6 heteroatoms. The lowest BCUT2D eigenvalue weighted by Gasteiger charge is -2.38. The summed E-state index contributed by atoms with van der Waals surface area (Å²) in [6, 6.07) is 14.8. The van der Waals surface area contributed by atoms with Crippen LogP contribution in [0.25, 0.3) is 16.9 Å². The lowest BCUT2D eigenvalue weighted by Crippen LogP contribution is -2.46. The van der Waals surface area contributed by atoms with Crippen LogP contribution >= 0.6 is 0 Å². The van der Waals surface area contributed by atoms with Crippen molar-refractivity contribution < 1.29 is 0 Å². The Morgan fingerprint density at radius 2 is 1.86 bits per heavy atom. The monoisotopic (exact) mass is 384 g/mol. The number of likely N-dealkylation sites (N-methyl/N-ethyl adjacent to an activating group) is 1. The Kier molecular flexibility index (Phi) is 4.79. The molecule has 0 N–H and O–H groups in total. The number of hydrogen-bond donors (Lipinski definition) is 0. The van der Waals surface area contributed by atoms with Crippen LogP contribution in [-0.4, -0.2) is 55.8 Å². The molecule has 1 unspecified atom stereocenters. The van der Waals surface area contributed by atoms with Gasteiger partial charge in [0, 0.05) is 62.7 Å². The summed E-state index contributed by atoms with van der Waals surface area (Å²) < 4.78 is 2.19. The van der Waals surface area contributed by atoms with Crippen molar-refractivity contribution in [2.45, 2.75) is 12.6 Å². The molecule has 1 aliphatic heterocycles. The van der Waals surface area contributed by atoms with Crippen LogP contribution < -0.4 is 0 Å². The Morgan fingerprint density at radius 3 is 2.69 bits per heavy atom. The lowest BCUT2D eigenvalue weighted by atomic mass is 10.1. The smallest absolute Gasteiger partial charge is 0.137 e. The van der Waals surface area contributed by atoms with Crippen molar-refractivity contribution in [3.63, 3.8) is 0 Å². The third-order valence-electron chi connectivity index (χ3n) is 5.69. The molecule has 1 aliphatic rings. The van der Waals surface area contributed by atoms with Crippen molar-refractivity contribution in [1.82, 2.24) is 29.2 Å². The van der Waals surface area contributed by atoms with E-state index in [0.29, 0.717) is 0 Å². The molecule has 0 saturated carbocycles. The number of nitrogens with zero attached hydrogens (tertiary/aromatic N) is 6. The molecule has 0 spiro atoms. The van der Waals surface area contributed by atoms with E-state index in [1.807, 2.05) is 43.0 Å². The van der Waals surface area contributed by atoms with Crippen LogP contribution in [-0.2, 0) is 6.54 Å². The maximum absolute atomic E-state index is 4.98. The predicted molar refractivity (Wildman–Crippen MR) is 113 cm³/mol. The summed E-state index contributed by atoms with van der Waals surface area (Å²) in [6.45, 7) is 3.96. The fourth-order valence-corrected chi connectivity index (χ4v) is 4.09. The van der Waals surface area contributed by atoms with E-state index in [2.05, 4.69) is 61.7 Å². The minimum absolute atomic E-state index is 0.269. The molecule has 0 radical (unpaired) electrons. The van der Waals surface area contributed by atoms with Crippen molar-refractivity contribution >= 4 is 5.65 Å². The number of piperazine rings is 1. The van der Waals surface area contributed by atoms with E-state index >= 15 is 0 Å². The molecule has 4 aromatic heterocycles. The molecule has 0 amide bonds. The normalized spacial score (nSPS) is 18.3. The summed E-state index contributed by atoms with van der Waals surface area (Å²) in [4.78, 5) is 18.3. The third-order valence-corrected chi connectivity index (χ3v) is 5.69.